The smallest absolute Gasteiger partial charge is 0.373 e. The molecule has 1 atom stereocenters. The van der Waals surface area contributed by atoms with E-state index >= 15 is 0 Å². The molecule has 1 aromatic heterocycles. The molecular weight excluding hydrogens is 249 g/mol. The Morgan fingerprint density at radius 2 is 2.11 bits per heavy atom. The molecule has 0 aliphatic heterocycles. The first kappa shape index (κ1) is 13.3. The maximum Gasteiger partial charge on any atom is 0.373 e. The number of carbonyl (C=O) groups excluding carboxylic acids is 1. The topological polar surface area (TPSA) is 65.5 Å². The first-order chi connectivity index (χ1) is 9.02. The lowest BCUT2D eigenvalue weighted by atomic mass is 10.0. The van der Waals surface area contributed by atoms with Gasteiger partial charge >= 0.3 is 5.97 Å². The lowest BCUT2D eigenvalue weighted by Crippen LogP contribution is -2.13. The van der Waals surface area contributed by atoms with Crippen LogP contribution in [0.5, 0.6) is 0 Å². The zero-order chi connectivity index (χ0) is 14.0. The van der Waals surface area contributed by atoms with E-state index in [2.05, 4.69) is 4.74 Å². The summed E-state index contributed by atoms with van der Waals surface area (Å²) in [6.45, 7) is 1.84. The number of methoxy groups -OCH3 is 1. The third kappa shape index (κ3) is 2.66. The molecule has 5 heteroatoms. The molecule has 1 heterocycles. The van der Waals surface area contributed by atoms with Crippen molar-refractivity contribution < 1.29 is 18.3 Å². The van der Waals surface area contributed by atoms with E-state index in [1.165, 1.54) is 19.2 Å². The van der Waals surface area contributed by atoms with Gasteiger partial charge in [-0.25, -0.2) is 9.18 Å². The van der Waals surface area contributed by atoms with Crippen molar-refractivity contribution >= 4 is 5.97 Å². The van der Waals surface area contributed by atoms with E-state index in [0.717, 1.165) is 5.56 Å². The van der Waals surface area contributed by atoms with E-state index in [1.54, 1.807) is 18.2 Å². The summed E-state index contributed by atoms with van der Waals surface area (Å²) in [5.74, 6) is -0.650. The predicted octanol–water partition coefficient (Wildman–Crippen LogP) is 2.56. The van der Waals surface area contributed by atoms with Crippen LogP contribution < -0.4 is 5.73 Å². The molecule has 0 saturated heterocycles. The van der Waals surface area contributed by atoms with Gasteiger partial charge in [0.05, 0.1) is 13.2 Å². The van der Waals surface area contributed by atoms with Gasteiger partial charge in [0, 0.05) is 5.56 Å². The standard InChI is InChI=1S/C14H14FNO3/c1-8-3-4-10(15)9(7-8)13(16)11-5-6-12(19-11)14(17)18-2/h3-7,13H,16H2,1-2H3. The molecule has 0 amide bonds. The highest BCUT2D eigenvalue weighted by Crippen LogP contribution is 2.25. The molecule has 2 aromatic rings. The van der Waals surface area contributed by atoms with Crippen molar-refractivity contribution in [1.82, 2.24) is 0 Å². The highest BCUT2D eigenvalue weighted by atomic mass is 19.1. The molecule has 0 bridgehead atoms. The van der Waals surface area contributed by atoms with E-state index < -0.39 is 17.8 Å². The van der Waals surface area contributed by atoms with Gasteiger partial charge in [-0.1, -0.05) is 17.7 Å². The Balaban J connectivity index is 2.33. The van der Waals surface area contributed by atoms with Crippen molar-refractivity contribution in [3.63, 3.8) is 0 Å². The molecule has 0 aliphatic carbocycles. The second-order valence-electron chi connectivity index (χ2n) is 4.20. The number of esters is 1. The van der Waals surface area contributed by atoms with Crippen LogP contribution >= 0.6 is 0 Å². The van der Waals surface area contributed by atoms with Crippen LogP contribution in [-0.2, 0) is 4.74 Å². The van der Waals surface area contributed by atoms with Crippen LogP contribution in [0, 0.1) is 12.7 Å². The van der Waals surface area contributed by atoms with Crippen LogP contribution in [0.1, 0.15) is 33.5 Å². The number of benzene rings is 1. The monoisotopic (exact) mass is 263 g/mol. The Kier molecular flexibility index (Phi) is 3.66. The van der Waals surface area contributed by atoms with Gasteiger partial charge < -0.3 is 14.9 Å². The number of aryl methyl sites for hydroxylation is 1. The third-order valence-corrected chi connectivity index (χ3v) is 2.81. The fourth-order valence-corrected chi connectivity index (χ4v) is 1.79. The molecule has 0 radical (unpaired) electrons. The van der Waals surface area contributed by atoms with Crippen molar-refractivity contribution in [1.29, 1.82) is 0 Å². The van der Waals surface area contributed by atoms with Crippen molar-refractivity contribution in [3.8, 4) is 0 Å². The lowest BCUT2D eigenvalue weighted by molar-refractivity contribution is 0.0562. The minimum Gasteiger partial charge on any atom is -0.463 e. The highest BCUT2D eigenvalue weighted by molar-refractivity contribution is 5.86. The SMILES string of the molecule is COC(=O)c1ccc(C(N)c2cc(C)ccc2F)o1. The zero-order valence-corrected chi connectivity index (χ0v) is 10.6. The maximum atomic E-state index is 13.7. The third-order valence-electron chi connectivity index (χ3n) is 2.81. The van der Waals surface area contributed by atoms with E-state index in [9.17, 15) is 9.18 Å². The summed E-state index contributed by atoms with van der Waals surface area (Å²) in [5.41, 5.74) is 7.17. The Labute approximate surface area is 110 Å². The van der Waals surface area contributed by atoms with Crippen LogP contribution in [0.15, 0.2) is 34.7 Å². The molecule has 0 fully saturated rings. The number of carbonyl (C=O) groups is 1. The number of hydrogen-bond acceptors (Lipinski definition) is 4. The Bertz CT molecular complexity index is 606. The average Bonchev–Trinajstić information content (AvgIpc) is 2.89. The Morgan fingerprint density at radius 1 is 1.37 bits per heavy atom. The molecule has 1 unspecified atom stereocenters. The molecule has 2 rings (SSSR count). The predicted molar refractivity (Wildman–Crippen MR) is 67.2 cm³/mol. The molecule has 19 heavy (non-hydrogen) atoms. The normalized spacial score (nSPS) is 12.2. The summed E-state index contributed by atoms with van der Waals surface area (Å²) in [6, 6.07) is 6.90. The minimum absolute atomic E-state index is 0.0426. The largest absolute Gasteiger partial charge is 0.463 e. The summed E-state index contributed by atoms with van der Waals surface area (Å²) >= 11 is 0. The summed E-state index contributed by atoms with van der Waals surface area (Å²) in [7, 11) is 1.25. The van der Waals surface area contributed by atoms with Crippen LogP contribution in [0.2, 0.25) is 0 Å². The Hall–Kier alpha value is -2.14. The van der Waals surface area contributed by atoms with Gasteiger partial charge in [0.25, 0.3) is 0 Å². The number of halogens is 1. The summed E-state index contributed by atoms with van der Waals surface area (Å²) in [5, 5.41) is 0. The van der Waals surface area contributed by atoms with Gasteiger partial charge in [-0.15, -0.1) is 0 Å². The molecule has 0 spiro atoms. The van der Waals surface area contributed by atoms with Gasteiger partial charge in [-0.2, -0.15) is 0 Å². The first-order valence-corrected chi connectivity index (χ1v) is 5.72. The van der Waals surface area contributed by atoms with Gasteiger partial charge in [0.1, 0.15) is 11.6 Å². The number of furan rings is 1. The summed E-state index contributed by atoms with van der Waals surface area (Å²) < 4.78 is 23.5. The first-order valence-electron chi connectivity index (χ1n) is 5.72. The molecule has 2 N–H and O–H groups in total. The van der Waals surface area contributed by atoms with Gasteiger partial charge in [-0.05, 0) is 25.1 Å². The van der Waals surface area contributed by atoms with Crippen molar-refractivity contribution in [2.24, 2.45) is 5.73 Å². The highest BCUT2D eigenvalue weighted by Gasteiger charge is 2.19. The second-order valence-corrected chi connectivity index (χ2v) is 4.20. The van der Waals surface area contributed by atoms with Gasteiger partial charge in [-0.3, -0.25) is 0 Å². The molecular formula is C14H14FNO3. The summed E-state index contributed by atoms with van der Waals surface area (Å²) in [4.78, 5) is 11.3. The minimum atomic E-state index is -0.765. The van der Waals surface area contributed by atoms with E-state index in [1.807, 2.05) is 6.92 Å². The molecule has 0 saturated carbocycles. The number of nitrogens with two attached hydrogens (primary N) is 1. The maximum absolute atomic E-state index is 13.7. The van der Waals surface area contributed by atoms with E-state index in [4.69, 9.17) is 10.2 Å². The zero-order valence-electron chi connectivity index (χ0n) is 10.6. The fourth-order valence-electron chi connectivity index (χ4n) is 1.79. The van der Waals surface area contributed by atoms with E-state index in [-0.39, 0.29) is 5.76 Å². The number of hydrogen-bond donors (Lipinski definition) is 1. The second kappa shape index (κ2) is 5.24. The van der Waals surface area contributed by atoms with Crippen LogP contribution in [0.25, 0.3) is 0 Å². The lowest BCUT2D eigenvalue weighted by Gasteiger charge is -2.11. The average molecular weight is 263 g/mol. The van der Waals surface area contributed by atoms with E-state index in [0.29, 0.717) is 11.3 Å². The van der Waals surface area contributed by atoms with Crippen molar-refractivity contribution in [2.45, 2.75) is 13.0 Å². The van der Waals surface area contributed by atoms with Crippen molar-refractivity contribution in [3.05, 3.63) is 58.8 Å². The molecule has 1 aromatic carbocycles. The molecule has 0 aliphatic rings. The fraction of sp³-hybridized carbons (Fsp3) is 0.214. The summed E-state index contributed by atoms with van der Waals surface area (Å²) in [6.07, 6.45) is 0. The quantitative estimate of drug-likeness (QED) is 0.864. The molecule has 4 nitrogen and oxygen atoms in total. The number of rotatable bonds is 3. The van der Waals surface area contributed by atoms with Crippen LogP contribution in [0.4, 0.5) is 4.39 Å². The Morgan fingerprint density at radius 3 is 2.79 bits per heavy atom. The van der Waals surface area contributed by atoms with Crippen LogP contribution in [-0.4, -0.2) is 13.1 Å². The number of ether oxygens (including phenoxy) is 1. The van der Waals surface area contributed by atoms with Gasteiger partial charge in [0.15, 0.2) is 0 Å². The molecule has 100 valence electrons. The van der Waals surface area contributed by atoms with Gasteiger partial charge in [0.2, 0.25) is 5.76 Å². The van der Waals surface area contributed by atoms with Crippen molar-refractivity contribution in [2.75, 3.05) is 7.11 Å². The van der Waals surface area contributed by atoms with Crippen LogP contribution in [0.3, 0.4) is 0 Å².